The average Bonchev–Trinajstić information content (AvgIpc) is 2.52. The van der Waals surface area contributed by atoms with Crippen molar-refractivity contribution in [1.82, 2.24) is 9.55 Å². The van der Waals surface area contributed by atoms with E-state index in [1.807, 2.05) is 17.7 Å². The van der Waals surface area contributed by atoms with E-state index < -0.39 is 0 Å². The van der Waals surface area contributed by atoms with E-state index in [-0.39, 0.29) is 5.92 Å². The van der Waals surface area contributed by atoms with Gasteiger partial charge in [-0.2, -0.15) is 5.26 Å². The molecule has 1 rings (SSSR count). The van der Waals surface area contributed by atoms with Crippen LogP contribution in [0.15, 0.2) is 18.7 Å². The van der Waals surface area contributed by atoms with Crippen LogP contribution in [-0.4, -0.2) is 9.55 Å². The molecule has 0 bridgehead atoms. The molecule has 0 saturated carbocycles. The lowest BCUT2D eigenvalue weighted by Gasteiger charge is -2.04. The molecule has 11 heavy (non-hydrogen) atoms. The maximum Gasteiger partial charge on any atom is 0.0946 e. The highest BCUT2D eigenvalue weighted by atomic mass is 15.0. The molecule has 0 aliphatic rings. The van der Waals surface area contributed by atoms with Gasteiger partial charge in [-0.3, -0.25) is 0 Å². The van der Waals surface area contributed by atoms with Gasteiger partial charge in [-0.1, -0.05) is 6.92 Å². The standard InChI is InChI=1S/C8H11N3/c1-2-8(5-9)6-11-4-3-10-7-11/h3-4,7-8H,2,6H2,1H3. The zero-order chi connectivity index (χ0) is 8.10. The summed E-state index contributed by atoms with van der Waals surface area (Å²) in [6.07, 6.45) is 6.23. The summed E-state index contributed by atoms with van der Waals surface area (Å²) in [6, 6.07) is 2.24. The fourth-order valence-electron chi connectivity index (χ4n) is 0.910. The predicted octanol–water partition coefficient (Wildman–Crippen LogP) is 1.43. The summed E-state index contributed by atoms with van der Waals surface area (Å²) < 4.78 is 1.93. The first-order valence-electron chi connectivity index (χ1n) is 3.72. The van der Waals surface area contributed by atoms with Gasteiger partial charge in [-0.15, -0.1) is 0 Å². The minimum absolute atomic E-state index is 0.115. The van der Waals surface area contributed by atoms with E-state index in [0.29, 0.717) is 0 Å². The number of nitrogens with zero attached hydrogens (tertiary/aromatic N) is 3. The van der Waals surface area contributed by atoms with E-state index in [2.05, 4.69) is 11.1 Å². The summed E-state index contributed by atoms with van der Waals surface area (Å²) in [5, 5.41) is 8.64. The van der Waals surface area contributed by atoms with Gasteiger partial charge in [0.15, 0.2) is 0 Å². The third kappa shape index (κ3) is 2.08. The van der Waals surface area contributed by atoms with Crippen LogP contribution < -0.4 is 0 Å². The number of nitriles is 1. The van der Waals surface area contributed by atoms with Crippen LogP contribution in [0.5, 0.6) is 0 Å². The van der Waals surface area contributed by atoms with Crippen molar-refractivity contribution in [3.63, 3.8) is 0 Å². The Morgan fingerprint density at radius 3 is 3.00 bits per heavy atom. The van der Waals surface area contributed by atoms with Gasteiger partial charge in [0.2, 0.25) is 0 Å². The third-order valence-corrected chi connectivity index (χ3v) is 1.67. The molecule has 1 aromatic heterocycles. The molecular weight excluding hydrogens is 138 g/mol. The van der Waals surface area contributed by atoms with Gasteiger partial charge < -0.3 is 4.57 Å². The minimum Gasteiger partial charge on any atom is -0.336 e. The van der Waals surface area contributed by atoms with Gasteiger partial charge in [0.05, 0.1) is 18.3 Å². The second-order valence-corrected chi connectivity index (χ2v) is 2.49. The summed E-state index contributed by atoms with van der Waals surface area (Å²) in [5.74, 6) is 0.115. The van der Waals surface area contributed by atoms with Gasteiger partial charge >= 0.3 is 0 Å². The SMILES string of the molecule is CCC(C#N)Cn1ccnc1. The van der Waals surface area contributed by atoms with Crippen molar-refractivity contribution in [3.8, 4) is 6.07 Å². The summed E-state index contributed by atoms with van der Waals surface area (Å²) in [5.41, 5.74) is 0. The van der Waals surface area contributed by atoms with Gasteiger partial charge in [0, 0.05) is 18.9 Å². The van der Waals surface area contributed by atoms with Crippen molar-refractivity contribution in [3.05, 3.63) is 18.7 Å². The van der Waals surface area contributed by atoms with Gasteiger partial charge in [0.1, 0.15) is 0 Å². The normalized spacial score (nSPS) is 12.4. The fraction of sp³-hybridized carbons (Fsp3) is 0.500. The zero-order valence-corrected chi connectivity index (χ0v) is 6.57. The molecular formula is C8H11N3. The molecule has 1 aromatic rings. The van der Waals surface area contributed by atoms with Crippen LogP contribution in [0.1, 0.15) is 13.3 Å². The maximum absolute atomic E-state index is 8.64. The van der Waals surface area contributed by atoms with Crippen molar-refractivity contribution in [2.45, 2.75) is 19.9 Å². The number of aromatic nitrogens is 2. The largest absolute Gasteiger partial charge is 0.336 e. The highest BCUT2D eigenvalue weighted by Gasteiger charge is 2.03. The molecule has 0 fully saturated rings. The number of hydrogen-bond acceptors (Lipinski definition) is 2. The topological polar surface area (TPSA) is 41.6 Å². The number of hydrogen-bond donors (Lipinski definition) is 0. The third-order valence-electron chi connectivity index (χ3n) is 1.67. The van der Waals surface area contributed by atoms with Gasteiger partial charge in [-0.05, 0) is 6.42 Å². The molecule has 0 aromatic carbocycles. The highest BCUT2D eigenvalue weighted by Crippen LogP contribution is 2.03. The molecule has 0 amide bonds. The second-order valence-electron chi connectivity index (χ2n) is 2.49. The predicted molar refractivity (Wildman–Crippen MR) is 41.6 cm³/mol. The Morgan fingerprint density at radius 2 is 2.55 bits per heavy atom. The van der Waals surface area contributed by atoms with Gasteiger partial charge in [-0.25, -0.2) is 4.98 Å². The fourth-order valence-corrected chi connectivity index (χ4v) is 0.910. The number of imidazole rings is 1. The molecule has 0 N–H and O–H groups in total. The van der Waals surface area contributed by atoms with Crippen molar-refractivity contribution < 1.29 is 0 Å². The van der Waals surface area contributed by atoms with Gasteiger partial charge in [0.25, 0.3) is 0 Å². The Kier molecular flexibility index (Phi) is 2.67. The molecule has 1 unspecified atom stereocenters. The van der Waals surface area contributed by atoms with Crippen LogP contribution >= 0.6 is 0 Å². The van der Waals surface area contributed by atoms with Crippen LogP contribution in [0.3, 0.4) is 0 Å². The van der Waals surface area contributed by atoms with E-state index in [1.165, 1.54) is 0 Å². The second kappa shape index (κ2) is 3.77. The monoisotopic (exact) mass is 149 g/mol. The van der Waals surface area contributed by atoms with Crippen molar-refractivity contribution in [1.29, 1.82) is 5.26 Å². The molecule has 3 heteroatoms. The lowest BCUT2D eigenvalue weighted by molar-refractivity contribution is 0.525. The Balaban J connectivity index is 2.49. The molecule has 1 heterocycles. The Labute approximate surface area is 66.3 Å². The Morgan fingerprint density at radius 1 is 1.73 bits per heavy atom. The zero-order valence-electron chi connectivity index (χ0n) is 6.57. The van der Waals surface area contributed by atoms with Crippen LogP contribution in [0.4, 0.5) is 0 Å². The smallest absolute Gasteiger partial charge is 0.0946 e. The molecule has 0 aliphatic heterocycles. The van der Waals surface area contributed by atoms with Crippen molar-refractivity contribution >= 4 is 0 Å². The highest BCUT2D eigenvalue weighted by molar-refractivity contribution is 4.84. The van der Waals surface area contributed by atoms with Crippen LogP contribution in [-0.2, 0) is 6.54 Å². The van der Waals surface area contributed by atoms with Crippen molar-refractivity contribution in [2.24, 2.45) is 5.92 Å². The van der Waals surface area contributed by atoms with Crippen LogP contribution in [0.25, 0.3) is 0 Å². The summed E-state index contributed by atoms with van der Waals surface area (Å²) in [7, 11) is 0. The molecule has 0 aliphatic carbocycles. The molecule has 0 spiro atoms. The van der Waals surface area contributed by atoms with Crippen LogP contribution in [0.2, 0.25) is 0 Å². The van der Waals surface area contributed by atoms with E-state index >= 15 is 0 Å². The van der Waals surface area contributed by atoms with Crippen molar-refractivity contribution in [2.75, 3.05) is 0 Å². The molecule has 3 nitrogen and oxygen atoms in total. The van der Waals surface area contributed by atoms with Crippen LogP contribution in [0, 0.1) is 17.2 Å². The van der Waals surface area contributed by atoms with E-state index in [1.54, 1.807) is 12.5 Å². The summed E-state index contributed by atoms with van der Waals surface area (Å²) in [6.45, 7) is 2.78. The first-order chi connectivity index (χ1) is 5.36. The first-order valence-corrected chi connectivity index (χ1v) is 3.72. The Hall–Kier alpha value is -1.30. The summed E-state index contributed by atoms with van der Waals surface area (Å²) >= 11 is 0. The molecule has 0 radical (unpaired) electrons. The lowest BCUT2D eigenvalue weighted by Crippen LogP contribution is -2.05. The lowest BCUT2D eigenvalue weighted by atomic mass is 10.1. The van der Waals surface area contributed by atoms with E-state index in [4.69, 9.17) is 5.26 Å². The maximum atomic E-state index is 8.64. The summed E-state index contributed by atoms with van der Waals surface area (Å²) in [4.78, 5) is 3.90. The number of rotatable bonds is 3. The van der Waals surface area contributed by atoms with E-state index in [0.717, 1.165) is 13.0 Å². The quantitative estimate of drug-likeness (QED) is 0.652. The van der Waals surface area contributed by atoms with E-state index in [9.17, 15) is 0 Å². The molecule has 1 atom stereocenters. The first kappa shape index (κ1) is 7.80. The molecule has 58 valence electrons. The average molecular weight is 149 g/mol. The minimum atomic E-state index is 0.115. The Bertz CT molecular complexity index is 232. The molecule has 0 saturated heterocycles.